The van der Waals surface area contributed by atoms with Crippen molar-refractivity contribution in [2.45, 2.75) is 0 Å². The highest BCUT2D eigenvalue weighted by atomic mass is 79.9. The summed E-state index contributed by atoms with van der Waals surface area (Å²) < 4.78 is 12.2. The fourth-order valence-electron chi connectivity index (χ4n) is 2.43. The minimum absolute atomic E-state index is 0.0727. The molecule has 148 valence electrons. The molecule has 0 atom stereocenters. The third kappa shape index (κ3) is 4.57. The molecule has 28 heavy (non-hydrogen) atoms. The van der Waals surface area contributed by atoms with Crippen molar-refractivity contribution in [2.75, 3.05) is 46.3 Å². The van der Waals surface area contributed by atoms with Gasteiger partial charge in [-0.1, -0.05) is 27.3 Å². The van der Waals surface area contributed by atoms with Crippen LogP contribution in [0, 0.1) is 0 Å². The van der Waals surface area contributed by atoms with Crippen molar-refractivity contribution >= 4 is 48.5 Å². The van der Waals surface area contributed by atoms with E-state index in [9.17, 15) is 4.79 Å². The third-order valence-corrected chi connectivity index (χ3v) is 5.41. The lowest BCUT2D eigenvalue weighted by Gasteiger charge is -2.21. The van der Waals surface area contributed by atoms with E-state index < -0.39 is 0 Å². The first kappa shape index (κ1) is 20.4. The number of ether oxygens (including phenoxy) is 2. The van der Waals surface area contributed by atoms with Crippen LogP contribution >= 0.6 is 27.3 Å². The molecule has 3 aromatic rings. The highest BCUT2D eigenvalue weighted by molar-refractivity contribution is 9.10. The maximum atomic E-state index is 13.3. The molecular weight excluding hydrogens is 446 g/mol. The number of thiazole rings is 1. The molecule has 8 nitrogen and oxygen atoms in total. The van der Waals surface area contributed by atoms with Crippen LogP contribution in [0.25, 0.3) is 10.2 Å². The summed E-state index contributed by atoms with van der Waals surface area (Å²) in [4.78, 5) is 29.8. The average molecular weight is 466 g/mol. The number of hydrogen-bond donors (Lipinski definition) is 0. The van der Waals surface area contributed by atoms with Crippen LogP contribution < -0.4 is 14.4 Å². The number of amides is 1. The maximum Gasteiger partial charge on any atom is 0.320 e. The van der Waals surface area contributed by atoms with Gasteiger partial charge in [-0.05, 0) is 32.3 Å². The minimum Gasteiger partial charge on any atom is -0.481 e. The summed E-state index contributed by atoms with van der Waals surface area (Å²) in [7, 11) is 6.83. The minimum atomic E-state index is -0.293. The van der Waals surface area contributed by atoms with E-state index in [0.717, 1.165) is 14.7 Å². The normalized spacial score (nSPS) is 11.1. The third-order valence-electron chi connectivity index (χ3n) is 3.88. The van der Waals surface area contributed by atoms with Gasteiger partial charge in [-0.15, -0.1) is 0 Å². The first-order valence-corrected chi connectivity index (χ1v) is 10.0. The number of anilines is 1. The number of carbonyl (C=O) groups excluding carboxylic acids is 1. The van der Waals surface area contributed by atoms with Crippen LogP contribution in [0.2, 0.25) is 0 Å². The van der Waals surface area contributed by atoms with Crippen LogP contribution in [0.1, 0.15) is 10.5 Å². The topological polar surface area (TPSA) is 80.7 Å². The number of rotatable bonds is 7. The number of methoxy groups -OCH3 is 2. The molecule has 2 heterocycles. The zero-order valence-electron chi connectivity index (χ0n) is 16.0. The lowest BCUT2D eigenvalue weighted by atomic mass is 10.3. The molecule has 0 aliphatic rings. The molecule has 0 radical (unpaired) electrons. The van der Waals surface area contributed by atoms with Crippen molar-refractivity contribution in [3.8, 4) is 11.9 Å². The molecule has 1 amide bonds. The Kier molecular flexibility index (Phi) is 6.42. The molecule has 2 aromatic heterocycles. The van der Waals surface area contributed by atoms with Crippen molar-refractivity contribution < 1.29 is 14.3 Å². The first-order valence-electron chi connectivity index (χ1n) is 8.41. The molecule has 0 fully saturated rings. The molecule has 0 bridgehead atoms. The second-order valence-corrected chi connectivity index (χ2v) is 8.08. The summed E-state index contributed by atoms with van der Waals surface area (Å²) in [5.74, 6) is -0.0324. The maximum absolute atomic E-state index is 13.3. The van der Waals surface area contributed by atoms with Crippen molar-refractivity contribution in [1.29, 1.82) is 0 Å². The summed E-state index contributed by atoms with van der Waals surface area (Å²) in [6, 6.07) is 7.41. The SMILES string of the molecule is COc1cc(C(=O)N(CCN(C)C)c2nc3ccc(Br)cc3s2)nc(OC)n1. The van der Waals surface area contributed by atoms with E-state index in [-0.39, 0.29) is 23.5 Å². The highest BCUT2D eigenvalue weighted by Gasteiger charge is 2.24. The number of nitrogens with zero attached hydrogens (tertiary/aromatic N) is 5. The van der Waals surface area contributed by atoms with Crippen LogP contribution in [-0.2, 0) is 0 Å². The van der Waals surface area contributed by atoms with Gasteiger partial charge < -0.3 is 14.4 Å². The van der Waals surface area contributed by atoms with Crippen molar-refractivity contribution in [2.24, 2.45) is 0 Å². The Labute approximate surface area is 175 Å². The Hall–Kier alpha value is -2.30. The zero-order valence-corrected chi connectivity index (χ0v) is 18.4. The van der Waals surface area contributed by atoms with E-state index in [2.05, 4.69) is 30.9 Å². The fraction of sp³-hybridized carbons (Fsp3) is 0.333. The fourth-order valence-corrected chi connectivity index (χ4v) is 3.98. The predicted octanol–water partition coefficient (Wildman–Crippen LogP) is 3.07. The van der Waals surface area contributed by atoms with Gasteiger partial charge in [-0.3, -0.25) is 9.69 Å². The van der Waals surface area contributed by atoms with E-state index in [1.165, 1.54) is 31.6 Å². The number of carbonyl (C=O) groups is 1. The van der Waals surface area contributed by atoms with Gasteiger partial charge in [0, 0.05) is 23.6 Å². The van der Waals surface area contributed by atoms with E-state index in [0.29, 0.717) is 18.2 Å². The highest BCUT2D eigenvalue weighted by Crippen LogP contribution is 2.31. The summed E-state index contributed by atoms with van der Waals surface area (Å²) in [5, 5.41) is 0.608. The lowest BCUT2D eigenvalue weighted by molar-refractivity contribution is 0.0978. The van der Waals surface area contributed by atoms with Crippen molar-refractivity contribution in [1.82, 2.24) is 19.9 Å². The molecule has 0 N–H and O–H groups in total. The van der Waals surface area contributed by atoms with Gasteiger partial charge in [0.2, 0.25) is 5.88 Å². The zero-order chi connectivity index (χ0) is 20.3. The number of hydrogen-bond acceptors (Lipinski definition) is 8. The molecule has 0 unspecified atom stereocenters. The van der Waals surface area contributed by atoms with Crippen LogP contribution in [0.3, 0.4) is 0 Å². The van der Waals surface area contributed by atoms with Crippen LogP contribution in [-0.4, -0.2) is 67.2 Å². The largest absolute Gasteiger partial charge is 0.481 e. The van der Waals surface area contributed by atoms with Crippen LogP contribution in [0.4, 0.5) is 5.13 Å². The Morgan fingerprint density at radius 3 is 2.57 bits per heavy atom. The van der Waals surface area contributed by atoms with Gasteiger partial charge >= 0.3 is 6.01 Å². The van der Waals surface area contributed by atoms with E-state index in [4.69, 9.17) is 9.47 Å². The monoisotopic (exact) mass is 465 g/mol. The van der Waals surface area contributed by atoms with E-state index in [1.54, 1.807) is 4.90 Å². The van der Waals surface area contributed by atoms with Gasteiger partial charge in [0.25, 0.3) is 5.91 Å². The summed E-state index contributed by atoms with van der Waals surface area (Å²) in [5.41, 5.74) is 1.02. The Bertz CT molecular complexity index is 972. The second kappa shape index (κ2) is 8.80. The second-order valence-electron chi connectivity index (χ2n) is 6.15. The quantitative estimate of drug-likeness (QED) is 0.530. The molecule has 3 rings (SSSR count). The number of halogens is 1. The smallest absolute Gasteiger partial charge is 0.320 e. The molecule has 0 spiro atoms. The summed E-state index contributed by atoms with van der Waals surface area (Å²) in [6.45, 7) is 1.13. The predicted molar refractivity (Wildman–Crippen MR) is 113 cm³/mol. The molecule has 10 heteroatoms. The average Bonchev–Trinajstić information content (AvgIpc) is 3.09. The Balaban J connectivity index is 2.02. The van der Waals surface area contributed by atoms with E-state index >= 15 is 0 Å². The Morgan fingerprint density at radius 2 is 1.89 bits per heavy atom. The summed E-state index contributed by atoms with van der Waals surface area (Å²) in [6.07, 6.45) is 0. The number of benzene rings is 1. The van der Waals surface area contributed by atoms with E-state index in [1.807, 2.05) is 37.2 Å². The lowest BCUT2D eigenvalue weighted by Crippen LogP contribution is -2.37. The molecular formula is C18H20BrN5O3S. The van der Waals surface area contributed by atoms with Gasteiger partial charge in [-0.25, -0.2) is 4.98 Å². The van der Waals surface area contributed by atoms with Gasteiger partial charge in [-0.2, -0.15) is 9.97 Å². The van der Waals surface area contributed by atoms with Gasteiger partial charge in [0.15, 0.2) is 5.13 Å². The van der Waals surface area contributed by atoms with Gasteiger partial charge in [0.05, 0.1) is 24.4 Å². The molecule has 1 aromatic carbocycles. The van der Waals surface area contributed by atoms with Crippen LogP contribution in [0.5, 0.6) is 11.9 Å². The standard InChI is InChI=1S/C18H20BrN5O3S/c1-23(2)7-8-24(18-21-12-6-5-11(19)9-14(12)28-18)16(25)13-10-15(26-3)22-17(20-13)27-4/h5-6,9-10H,7-8H2,1-4H3. The van der Waals surface area contributed by atoms with Crippen LogP contribution in [0.15, 0.2) is 28.7 Å². The molecule has 0 saturated heterocycles. The first-order chi connectivity index (χ1) is 13.4. The molecule has 0 saturated carbocycles. The number of likely N-dealkylation sites (N-methyl/N-ethyl adjacent to an activating group) is 1. The van der Waals surface area contributed by atoms with Gasteiger partial charge in [0.1, 0.15) is 5.69 Å². The van der Waals surface area contributed by atoms with Crippen molar-refractivity contribution in [3.63, 3.8) is 0 Å². The van der Waals surface area contributed by atoms with Crippen molar-refractivity contribution in [3.05, 3.63) is 34.4 Å². The molecule has 0 aliphatic carbocycles. The summed E-state index contributed by atoms with van der Waals surface area (Å²) >= 11 is 4.93. The molecule has 0 aliphatic heterocycles. The Morgan fingerprint density at radius 1 is 1.11 bits per heavy atom. The number of fused-ring (bicyclic) bond motifs is 1. The number of aromatic nitrogens is 3.